The zero-order chi connectivity index (χ0) is 10.7. The van der Waals surface area contributed by atoms with E-state index in [4.69, 9.17) is 16.0 Å². The van der Waals surface area contributed by atoms with Crippen LogP contribution in [0.5, 0.6) is 0 Å². The van der Waals surface area contributed by atoms with Crippen LogP contribution < -0.4 is 5.32 Å². The standard InChI is InChI=1S/C10H10ClN3O/c1-7-2-3-8(15-7)5-12-10-4-9(11)13-6-14-10/h2-4,6H,5H2,1H3,(H,12,13,14). The molecule has 5 heteroatoms. The van der Waals surface area contributed by atoms with E-state index in [2.05, 4.69) is 15.3 Å². The van der Waals surface area contributed by atoms with Crippen molar-refractivity contribution >= 4 is 17.4 Å². The molecule has 4 nitrogen and oxygen atoms in total. The lowest BCUT2D eigenvalue weighted by Crippen LogP contribution is -2.00. The second-order valence-corrected chi connectivity index (χ2v) is 3.48. The number of nitrogens with one attached hydrogen (secondary N) is 1. The number of nitrogens with zero attached hydrogens (tertiary/aromatic N) is 2. The molecule has 15 heavy (non-hydrogen) atoms. The summed E-state index contributed by atoms with van der Waals surface area (Å²) in [6, 6.07) is 5.51. The number of aryl methyl sites for hydroxylation is 1. The lowest BCUT2D eigenvalue weighted by molar-refractivity contribution is 0.490. The maximum atomic E-state index is 5.72. The summed E-state index contributed by atoms with van der Waals surface area (Å²) in [6.45, 7) is 2.49. The molecular formula is C10H10ClN3O. The topological polar surface area (TPSA) is 51.0 Å². The fourth-order valence-corrected chi connectivity index (χ4v) is 1.34. The molecule has 2 rings (SSSR count). The molecule has 0 bridgehead atoms. The molecule has 0 saturated heterocycles. The van der Waals surface area contributed by atoms with Crippen LogP contribution in [-0.4, -0.2) is 9.97 Å². The molecule has 0 saturated carbocycles. The Morgan fingerprint density at radius 1 is 1.40 bits per heavy atom. The molecule has 0 spiro atoms. The van der Waals surface area contributed by atoms with Crippen LogP contribution in [0.15, 0.2) is 28.9 Å². The van der Waals surface area contributed by atoms with Crippen molar-refractivity contribution in [2.45, 2.75) is 13.5 Å². The summed E-state index contributed by atoms with van der Waals surface area (Å²) in [4.78, 5) is 7.80. The highest BCUT2D eigenvalue weighted by molar-refractivity contribution is 6.29. The molecule has 0 amide bonds. The van der Waals surface area contributed by atoms with Crippen LogP contribution in [0.2, 0.25) is 5.15 Å². The quantitative estimate of drug-likeness (QED) is 0.813. The summed E-state index contributed by atoms with van der Waals surface area (Å²) >= 11 is 5.72. The fourth-order valence-electron chi connectivity index (χ4n) is 1.19. The fraction of sp³-hybridized carbons (Fsp3) is 0.200. The highest BCUT2D eigenvalue weighted by Crippen LogP contribution is 2.11. The highest BCUT2D eigenvalue weighted by atomic mass is 35.5. The number of aromatic nitrogens is 2. The van der Waals surface area contributed by atoms with Gasteiger partial charge in [0.25, 0.3) is 0 Å². The zero-order valence-corrected chi connectivity index (χ0v) is 8.95. The van der Waals surface area contributed by atoms with Gasteiger partial charge < -0.3 is 9.73 Å². The second-order valence-electron chi connectivity index (χ2n) is 3.09. The van der Waals surface area contributed by atoms with Crippen molar-refractivity contribution < 1.29 is 4.42 Å². The molecule has 2 aromatic heterocycles. The van der Waals surface area contributed by atoms with Gasteiger partial charge in [0, 0.05) is 6.07 Å². The van der Waals surface area contributed by atoms with E-state index >= 15 is 0 Å². The Balaban J connectivity index is 1.99. The normalized spacial score (nSPS) is 10.3. The smallest absolute Gasteiger partial charge is 0.134 e. The third-order valence-electron chi connectivity index (χ3n) is 1.87. The summed E-state index contributed by atoms with van der Waals surface area (Å²) in [5, 5.41) is 3.51. The van der Waals surface area contributed by atoms with Crippen molar-refractivity contribution in [1.29, 1.82) is 0 Å². The Morgan fingerprint density at radius 2 is 2.27 bits per heavy atom. The van der Waals surface area contributed by atoms with E-state index in [0.717, 1.165) is 11.5 Å². The summed E-state index contributed by atoms with van der Waals surface area (Å²) in [6.07, 6.45) is 1.41. The Labute approximate surface area is 92.3 Å². The molecular weight excluding hydrogens is 214 g/mol. The van der Waals surface area contributed by atoms with Crippen LogP contribution in [-0.2, 0) is 6.54 Å². The van der Waals surface area contributed by atoms with Crippen LogP contribution in [0.25, 0.3) is 0 Å². The van der Waals surface area contributed by atoms with Crippen LogP contribution in [0, 0.1) is 6.92 Å². The van der Waals surface area contributed by atoms with Gasteiger partial charge in [-0.25, -0.2) is 9.97 Å². The highest BCUT2D eigenvalue weighted by Gasteiger charge is 1.99. The van der Waals surface area contributed by atoms with Crippen molar-refractivity contribution in [3.8, 4) is 0 Å². The molecule has 0 aliphatic carbocycles. The Morgan fingerprint density at radius 3 is 2.93 bits per heavy atom. The lowest BCUT2D eigenvalue weighted by atomic mass is 10.4. The molecule has 0 aromatic carbocycles. The van der Waals surface area contributed by atoms with E-state index in [-0.39, 0.29) is 0 Å². The van der Waals surface area contributed by atoms with Crippen LogP contribution in [0.3, 0.4) is 0 Å². The molecule has 0 unspecified atom stereocenters. The molecule has 0 aliphatic heterocycles. The van der Waals surface area contributed by atoms with E-state index in [1.165, 1.54) is 6.33 Å². The summed E-state index contributed by atoms with van der Waals surface area (Å²) in [5.74, 6) is 2.44. The minimum Gasteiger partial charge on any atom is -0.465 e. The number of furan rings is 1. The van der Waals surface area contributed by atoms with Crippen molar-refractivity contribution in [1.82, 2.24) is 9.97 Å². The Kier molecular flexibility index (Phi) is 2.87. The van der Waals surface area contributed by atoms with Crippen molar-refractivity contribution in [2.24, 2.45) is 0 Å². The summed E-state index contributed by atoms with van der Waals surface area (Å²) in [5.41, 5.74) is 0. The molecule has 78 valence electrons. The first-order valence-electron chi connectivity index (χ1n) is 4.51. The van der Waals surface area contributed by atoms with Gasteiger partial charge in [-0.15, -0.1) is 0 Å². The van der Waals surface area contributed by atoms with Crippen molar-refractivity contribution in [3.63, 3.8) is 0 Å². The first-order valence-corrected chi connectivity index (χ1v) is 4.88. The summed E-state index contributed by atoms with van der Waals surface area (Å²) < 4.78 is 5.40. The first kappa shape index (κ1) is 9.98. The van der Waals surface area contributed by atoms with E-state index in [9.17, 15) is 0 Å². The predicted molar refractivity (Wildman–Crippen MR) is 57.8 cm³/mol. The van der Waals surface area contributed by atoms with Crippen LogP contribution >= 0.6 is 11.6 Å². The average Bonchev–Trinajstić information content (AvgIpc) is 2.62. The zero-order valence-electron chi connectivity index (χ0n) is 8.20. The van der Waals surface area contributed by atoms with E-state index in [1.807, 2.05) is 19.1 Å². The predicted octanol–water partition coefficient (Wildman–Crippen LogP) is 2.64. The maximum Gasteiger partial charge on any atom is 0.134 e. The number of hydrogen-bond donors (Lipinski definition) is 1. The first-order chi connectivity index (χ1) is 7.24. The molecule has 0 fully saturated rings. The molecule has 0 atom stereocenters. The average molecular weight is 224 g/mol. The van der Waals surface area contributed by atoms with Crippen LogP contribution in [0.4, 0.5) is 5.82 Å². The van der Waals surface area contributed by atoms with Crippen molar-refractivity contribution in [2.75, 3.05) is 5.32 Å². The number of hydrogen-bond acceptors (Lipinski definition) is 4. The molecule has 0 radical (unpaired) electrons. The second kappa shape index (κ2) is 4.31. The van der Waals surface area contributed by atoms with E-state index < -0.39 is 0 Å². The Hall–Kier alpha value is -1.55. The Bertz CT molecular complexity index is 455. The van der Waals surface area contributed by atoms with Gasteiger partial charge in [0.15, 0.2) is 0 Å². The minimum atomic E-state index is 0.420. The van der Waals surface area contributed by atoms with Gasteiger partial charge in [-0.1, -0.05) is 11.6 Å². The minimum absolute atomic E-state index is 0.420. The number of rotatable bonds is 3. The summed E-state index contributed by atoms with van der Waals surface area (Å²) in [7, 11) is 0. The number of anilines is 1. The molecule has 1 N–H and O–H groups in total. The maximum absolute atomic E-state index is 5.72. The largest absolute Gasteiger partial charge is 0.465 e. The van der Waals surface area contributed by atoms with Gasteiger partial charge in [0.05, 0.1) is 6.54 Å². The van der Waals surface area contributed by atoms with Gasteiger partial charge in [0.1, 0.15) is 28.8 Å². The van der Waals surface area contributed by atoms with Crippen LogP contribution in [0.1, 0.15) is 11.5 Å². The lowest BCUT2D eigenvalue weighted by Gasteiger charge is -2.02. The van der Waals surface area contributed by atoms with Gasteiger partial charge >= 0.3 is 0 Å². The monoisotopic (exact) mass is 223 g/mol. The third-order valence-corrected chi connectivity index (χ3v) is 2.08. The molecule has 2 heterocycles. The van der Waals surface area contributed by atoms with E-state index in [1.54, 1.807) is 6.07 Å². The van der Waals surface area contributed by atoms with Gasteiger partial charge in [-0.3, -0.25) is 0 Å². The number of halogens is 1. The SMILES string of the molecule is Cc1ccc(CNc2cc(Cl)ncn2)o1. The molecule has 0 aliphatic rings. The van der Waals surface area contributed by atoms with Gasteiger partial charge in [0.2, 0.25) is 0 Å². The van der Waals surface area contributed by atoms with Crippen molar-refractivity contribution in [3.05, 3.63) is 41.2 Å². The van der Waals surface area contributed by atoms with Gasteiger partial charge in [-0.05, 0) is 19.1 Å². The van der Waals surface area contributed by atoms with Gasteiger partial charge in [-0.2, -0.15) is 0 Å². The van der Waals surface area contributed by atoms with E-state index in [0.29, 0.717) is 17.5 Å². The third kappa shape index (κ3) is 2.70. The molecule has 2 aromatic rings.